The molecule has 0 saturated carbocycles. The van der Waals surface area contributed by atoms with Crippen LogP contribution in [0.5, 0.6) is 5.75 Å². The van der Waals surface area contributed by atoms with Crippen LogP contribution >= 0.6 is 11.6 Å². The molecule has 0 spiro atoms. The molecule has 0 radical (unpaired) electrons. The number of hydrogen-bond acceptors (Lipinski definition) is 1. The summed E-state index contributed by atoms with van der Waals surface area (Å²) in [4.78, 5) is 3.14. The fraction of sp³-hybridized carbons (Fsp3) is 0.0667. The van der Waals surface area contributed by atoms with Crippen LogP contribution in [-0.4, -0.2) is 21.6 Å². The molecule has 0 fully saturated rings. The zero-order chi connectivity index (χ0) is 12.6. The SMILES string of the molecule is Clc1cccc(OCC#C[Se]c2ccccc2)c1. The molecular weight excluding hydrogens is 311 g/mol. The van der Waals surface area contributed by atoms with Crippen LogP contribution in [0.1, 0.15) is 0 Å². The molecular formula is C15H11ClOSe. The minimum atomic E-state index is 0.193. The molecule has 0 aromatic heterocycles. The van der Waals surface area contributed by atoms with Gasteiger partial charge in [0, 0.05) is 0 Å². The van der Waals surface area contributed by atoms with Crippen LogP contribution in [0, 0.1) is 10.7 Å². The van der Waals surface area contributed by atoms with Gasteiger partial charge in [0.2, 0.25) is 0 Å². The van der Waals surface area contributed by atoms with Crippen molar-refractivity contribution in [1.82, 2.24) is 0 Å². The van der Waals surface area contributed by atoms with Gasteiger partial charge in [0.1, 0.15) is 0 Å². The molecule has 0 aliphatic carbocycles. The topological polar surface area (TPSA) is 9.23 Å². The Morgan fingerprint density at radius 2 is 1.89 bits per heavy atom. The van der Waals surface area contributed by atoms with Gasteiger partial charge in [-0.05, 0) is 0 Å². The van der Waals surface area contributed by atoms with E-state index in [1.54, 1.807) is 6.07 Å². The summed E-state index contributed by atoms with van der Waals surface area (Å²) < 4.78 is 6.75. The molecule has 0 N–H and O–H groups in total. The molecule has 18 heavy (non-hydrogen) atoms. The fourth-order valence-electron chi connectivity index (χ4n) is 1.29. The first-order valence-corrected chi connectivity index (χ1v) is 7.52. The Morgan fingerprint density at radius 1 is 1.06 bits per heavy atom. The van der Waals surface area contributed by atoms with Crippen molar-refractivity contribution < 1.29 is 4.74 Å². The molecule has 0 aliphatic heterocycles. The standard InChI is InChI=1S/C15H11ClOSe/c16-13-6-4-7-14(12-13)17-10-5-11-18-15-8-2-1-3-9-15/h1-4,6-9,12H,10H2. The summed E-state index contributed by atoms with van der Waals surface area (Å²) in [7, 11) is 0. The monoisotopic (exact) mass is 322 g/mol. The Morgan fingerprint density at radius 3 is 2.67 bits per heavy atom. The van der Waals surface area contributed by atoms with Gasteiger partial charge in [-0.3, -0.25) is 0 Å². The third kappa shape index (κ3) is 4.47. The second-order valence-electron chi connectivity index (χ2n) is 3.44. The predicted molar refractivity (Wildman–Crippen MR) is 76.6 cm³/mol. The molecule has 90 valence electrons. The second kappa shape index (κ2) is 7.13. The molecule has 2 aromatic rings. The Labute approximate surface area is 118 Å². The van der Waals surface area contributed by atoms with Gasteiger partial charge in [-0.15, -0.1) is 0 Å². The molecule has 0 aliphatic rings. The Balaban J connectivity index is 1.79. The average Bonchev–Trinajstić information content (AvgIpc) is 2.40. The Kier molecular flexibility index (Phi) is 5.17. The van der Waals surface area contributed by atoms with Crippen LogP contribution in [0.3, 0.4) is 0 Å². The van der Waals surface area contributed by atoms with Crippen LogP contribution in [0.15, 0.2) is 54.6 Å². The summed E-state index contributed by atoms with van der Waals surface area (Å²) in [5.41, 5.74) is 0. The first kappa shape index (κ1) is 13.1. The molecule has 0 bridgehead atoms. The van der Waals surface area contributed by atoms with Crippen LogP contribution in [0.4, 0.5) is 0 Å². The first-order valence-electron chi connectivity index (χ1n) is 5.43. The number of benzene rings is 2. The minimum absolute atomic E-state index is 0.193. The van der Waals surface area contributed by atoms with E-state index in [1.165, 1.54) is 4.46 Å². The van der Waals surface area contributed by atoms with Crippen molar-refractivity contribution in [3.8, 4) is 16.5 Å². The van der Waals surface area contributed by atoms with Gasteiger partial charge >= 0.3 is 118 Å². The van der Waals surface area contributed by atoms with Gasteiger partial charge in [-0.1, -0.05) is 0 Å². The van der Waals surface area contributed by atoms with Crippen molar-refractivity contribution in [3.63, 3.8) is 0 Å². The van der Waals surface area contributed by atoms with Crippen LogP contribution < -0.4 is 9.20 Å². The predicted octanol–water partition coefficient (Wildman–Crippen LogP) is 2.71. The molecule has 0 amide bonds. The fourth-order valence-corrected chi connectivity index (χ4v) is 2.61. The van der Waals surface area contributed by atoms with E-state index in [2.05, 4.69) is 22.9 Å². The maximum atomic E-state index is 5.85. The molecule has 1 nitrogen and oxygen atoms in total. The molecule has 2 rings (SSSR count). The third-order valence-electron chi connectivity index (χ3n) is 2.09. The molecule has 0 heterocycles. The summed E-state index contributed by atoms with van der Waals surface area (Å²) >= 11 is 6.05. The second-order valence-corrected chi connectivity index (χ2v) is 5.72. The van der Waals surface area contributed by atoms with Crippen molar-refractivity contribution in [2.24, 2.45) is 0 Å². The number of rotatable bonds is 3. The van der Waals surface area contributed by atoms with E-state index >= 15 is 0 Å². The third-order valence-corrected chi connectivity index (χ3v) is 3.91. The summed E-state index contributed by atoms with van der Waals surface area (Å²) in [6, 6.07) is 17.6. The zero-order valence-electron chi connectivity index (χ0n) is 9.60. The van der Waals surface area contributed by atoms with Crippen LogP contribution in [0.25, 0.3) is 0 Å². The van der Waals surface area contributed by atoms with Crippen molar-refractivity contribution in [3.05, 3.63) is 59.6 Å². The van der Waals surface area contributed by atoms with Gasteiger partial charge < -0.3 is 0 Å². The van der Waals surface area contributed by atoms with Crippen LogP contribution in [0.2, 0.25) is 5.02 Å². The van der Waals surface area contributed by atoms with Gasteiger partial charge in [-0.25, -0.2) is 0 Å². The Hall–Kier alpha value is -1.39. The normalized spacial score (nSPS) is 9.39. The van der Waals surface area contributed by atoms with Gasteiger partial charge in [0.05, 0.1) is 0 Å². The van der Waals surface area contributed by atoms with E-state index in [0.717, 1.165) is 5.75 Å². The number of halogens is 1. The van der Waals surface area contributed by atoms with E-state index in [0.29, 0.717) is 11.6 Å². The molecule has 0 unspecified atom stereocenters. The zero-order valence-corrected chi connectivity index (χ0v) is 12.1. The van der Waals surface area contributed by atoms with E-state index in [-0.39, 0.29) is 15.0 Å². The Bertz CT molecular complexity index is 557. The van der Waals surface area contributed by atoms with E-state index in [1.807, 2.05) is 36.4 Å². The van der Waals surface area contributed by atoms with E-state index < -0.39 is 0 Å². The van der Waals surface area contributed by atoms with E-state index in [9.17, 15) is 0 Å². The van der Waals surface area contributed by atoms with E-state index in [4.69, 9.17) is 16.3 Å². The summed E-state index contributed by atoms with van der Waals surface area (Å²) in [6.45, 7) is 0.398. The first-order chi connectivity index (χ1) is 8.84. The number of ether oxygens (including phenoxy) is 1. The summed E-state index contributed by atoms with van der Waals surface area (Å²) in [5.74, 6) is 3.77. The van der Waals surface area contributed by atoms with Gasteiger partial charge in [-0.2, -0.15) is 0 Å². The van der Waals surface area contributed by atoms with Crippen molar-refractivity contribution in [1.29, 1.82) is 0 Å². The molecule has 2 aromatic carbocycles. The van der Waals surface area contributed by atoms with Gasteiger partial charge in [0.15, 0.2) is 0 Å². The number of hydrogen-bond donors (Lipinski definition) is 0. The van der Waals surface area contributed by atoms with Crippen molar-refractivity contribution in [2.75, 3.05) is 6.61 Å². The summed E-state index contributed by atoms with van der Waals surface area (Å²) in [6.07, 6.45) is 0. The van der Waals surface area contributed by atoms with Gasteiger partial charge in [0.25, 0.3) is 0 Å². The molecule has 0 saturated heterocycles. The average molecular weight is 322 g/mol. The molecule has 3 heteroatoms. The quantitative estimate of drug-likeness (QED) is 0.624. The maximum absolute atomic E-state index is 5.85. The summed E-state index contributed by atoms with van der Waals surface area (Å²) in [5, 5.41) is 0.675. The van der Waals surface area contributed by atoms with Crippen molar-refractivity contribution >= 4 is 31.0 Å². The van der Waals surface area contributed by atoms with Crippen LogP contribution in [-0.2, 0) is 0 Å². The molecule has 0 atom stereocenters. The van der Waals surface area contributed by atoms with Crippen molar-refractivity contribution in [2.45, 2.75) is 0 Å².